The molecule has 6 bridgehead atoms. The summed E-state index contributed by atoms with van der Waals surface area (Å²) >= 11 is 5.15. The molecule has 2 amide bonds. The van der Waals surface area contributed by atoms with Crippen molar-refractivity contribution in [3.63, 3.8) is 0 Å². The standard InChI is InChI=1S/C24H18BrN5O3S/c25-18-4-3-17-7-16(18)11-28-5-6-29(12-22(28)31)23(32)19-10-27-24-30(19)20(13-34-24)14-1-2-15(9-26)21(8-14)33-17/h1-4,7-8,10,20H,5-6,11-13H2/t20-/m1/s1. The summed E-state index contributed by atoms with van der Waals surface area (Å²) < 4.78 is 8.99. The first-order valence-electron chi connectivity index (χ1n) is 10.8. The Bertz CT molecular complexity index is 1400. The maximum absolute atomic E-state index is 13.4. The molecule has 0 radical (unpaired) electrons. The van der Waals surface area contributed by atoms with Gasteiger partial charge in [-0.25, -0.2) is 4.98 Å². The molecule has 3 aromatic rings. The summed E-state index contributed by atoms with van der Waals surface area (Å²) in [5.74, 6) is 1.45. The molecule has 8 nitrogen and oxygen atoms in total. The zero-order valence-electron chi connectivity index (χ0n) is 17.9. The summed E-state index contributed by atoms with van der Waals surface area (Å²) in [4.78, 5) is 34.2. The van der Waals surface area contributed by atoms with Gasteiger partial charge in [-0.3, -0.25) is 9.59 Å². The molecule has 1 aromatic heterocycles. The SMILES string of the molecule is N#Cc1ccc2cc1Oc1ccc(Br)c(c1)CN1CCN(CC1=O)C(=O)c1cnc3n1[C@@H]2CS3. The number of rotatable bonds is 0. The number of piperazine rings is 1. The van der Waals surface area contributed by atoms with Gasteiger partial charge in [0, 0.05) is 29.9 Å². The van der Waals surface area contributed by atoms with Crippen LogP contribution in [0.3, 0.4) is 0 Å². The fourth-order valence-electron chi connectivity index (χ4n) is 4.59. The van der Waals surface area contributed by atoms with Crippen molar-refractivity contribution in [1.82, 2.24) is 19.4 Å². The average Bonchev–Trinajstić information content (AvgIpc) is 3.44. The van der Waals surface area contributed by atoms with E-state index in [2.05, 4.69) is 27.0 Å². The van der Waals surface area contributed by atoms with Gasteiger partial charge in [-0.05, 0) is 41.5 Å². The molecule has 0 N–H and O–H groups in total. The molecule has 0 spiro atoms. The monoisotopic (exact) mass is 535 g/mol. The lowest BCUT2D eigenvalue weighted by atomic mass is 10.0. The maximum Gasteiger partial charge on any atom is 0.272 e. The van der Waals surface area contributed by atoms with Crippen molar-refractivity contribution in [2.75, 3.05) is 25.4 Å². The molecular formula is C24H18BrN5O3S. The summed E-state index contributed by atoms with van der Waals surface area (Å²) in [5, 5.41) is 10.4. The number of amides is 2. The lowest BCUT2D eigenvalue weighted by Gasteiger charge is -2.35. The normalized spacial score (nSPS) is 19.1. The fourth-order valence-corrected chi connectivity index (χ4v) is 6.10. The van der Waals surface area contributed by atoms with Crippen LogP contribution in [0.1, 0.15) is 33.2 Å². The fraction of sp³-hybridized carbons (Fsp3) is 0.250. The highest BCUT2D eigenvalue weighted by molar-refractivity contribution is 9.10. The number of fused-ring (bicyclic) bond motifs is 2. The molecule has 1 atom stereocenters. The minimum Gasteiger partial charge on any atom is -0.456 e. The second kappa shape index (κ2) is 8.18. The minimum absolute atomic E-state index is 0.0337. The van der Waals surface area contributed by atoms with E-state index >= 15 is 0 Å². The number of thioether (sulfide) groups is 1. The van der Waals surface area contributed by atoms with Gasteiger partial charge in [-0.1, -0.05) is 33.8 Å². The van der Waals surface area contributed by atoms with Crippen molar-refractivity contribution in [2.45, 2.75) is 17.7 Å². The van der Waals surface area contributed by atoms with Gasteiger partial charge >= 0.3 is 0 Å². The van der Waals surface area contributed by atoms with Crippen molar-refractivity contribution < 1.29 is 14.3 Å². The second-order valence-corrected chi connectivity index (χ2v) is 10.2. The van der Waals surface area contributed by atoms with Crippen LogP contribution in [0.15, 0.2) is 52.2 Å². The van der Waals surface area contributed by atoms with E-state index in [-0.39, 0.29) is 24.4 Å². The van der Waals surface area contributed by atoms with Crippen molar-refractivity contribution in [1.29, 1.82) is 5.26 Å². The number of ether oxygens (including phenoxy) is 1. The lowest BCUT2D eigenvalue weighted by molar-refractivity contribution is -0.135. The third-order valence-corrected chi connectivity index (χ3v) is 8.20. The second-order valence-electron chi connectivity index (χ2n) is 8.39. The van der Waals surface area contributed by atoms with Gasteiger partial charge in [0.15, 0.2) is 5.16 Å². The van der Waals surface area contributed by atoms with E-state index in [4.69, 9.17) is 4.74 Å². The number of imidazole rings is 1. The predicted molar refractivity (Wildman–Crippen MR) is 128 cm³/mol. The highest BCUT2D eigenvalue weighted by atomic mass is 79.9. The third kappa shape index (κ3) is 3.47. The summed E-state index contributed by atoms with van der Waals surface area (Å²) in [6.07, 6.45) is 1.60. The van der Waals surface area contributed by atoms with Crippen LogP contribution in [-0.2, 0) is 11.3 Å². The molecule has 0 aliphatic carbocycles. The number of nitrogens with zero attached hydrogens (tertiary/aromatic N) is 5. The third-order valence-electron chi connectivity index (χ3n) is 6.39. The van der Waals surface area contributed by atoms with Crippen LogP contribution in [0, 0.1) is 11.3 Å². The summed E-state index contributed by atoms with van der Waals surface area (Å²) in [6.45, 7) is 1.33. The number of halogens is 1. The number of carbonyl (C=O) groups excluding carboxylic acids is 2. The molecule has 1 fully saturated rings. The Hall–Kier alpha value is -3.29. The first-order valence-corrected chi connectivity index (χ1v) is 12.6. The topological polar surface area (TPSA) is 91.5 Å². The molecule has 2 aromatic carbocycles. The Balaban J connectivity index is 1.52. The van der Waals surface area contributed by atoms with Crippen molar-refractivity contribution in [3.05, 3.63) is 69.5 Å². The zero-order chi connectivity index (χ0) is 23.4. The molecule has 4 aliphatic rings. The van der Waals surface area contributed by atoms with Gasteiger partial charge in [0.25, 0.3) is 5.91 Å². The number of carbonyl (C=O) groups is 2. The molecule has 34 heavy (non-hydrogen) atoms. The number of nitriles is 1. The molecule has 170 valence electrons. The Labute approximate surface area is 208 Å². The number of benzene rings is 2. The number of hydrogen-bond donors (Lipinski definition) is 0. The number of aromatic nitrogens is 2. The van der Waals surface area contributed by atoms with Gasteiger partial charge in [-0.2, -0.15) is 5.26 Å². The molecule has 10 heteroatoms. The number of hydrogen-bond acceptors (Lipinski definition) is 6. The molecule has 0 saturated carbocycles. The Morgan fingerprint density at radius 1 is 1.12 bits per heavy atom. The molecule has 5 heterocycles. The van der Waals surface area contributed by atoms with E-state index in [1.54, 1.807) is 33.8 Å². The van der Waals surface area contributed by atoms with Gasteiger partial charge in [0.05, 0.1) is 17.8 Å². The van der Waals surface area contributed by atoms with Gasteiger partial charge in [0.2, 0.25) is 5.91 Å². The van der Waals surface area contributed by atoms with E-state index in [9.17, 15) is 14.9 Å². The molecular weight excluding hydrogens is 518 g/mol. The molecule has 4 aliphatic heterocycles. The van der Waals surface area contributed by atoms with Crippen molar-refractivity contribution in [2.24, 2.45) is 0 Å². The van der Waals surface area contributed by atoms with Crippen LogP contribution < -0.4 is 4.74 Å². The highest BCUT2D eigenvalue weighted by Gasteiger charge is 2.35. The molecule has 0 unspecified atom stereocenters. The maximum atomic E-state index is 13.4. The zero-order valence-corrected chi connectivity index (χ0v) is 20.3. The van der Waals surface area contributed by atoms with Crippen LogP contribution in [0.4, 0.5) is 0 Å². The van der Waals surface area contributed by atoms with Crippen LogP contribution in [0.5, 0.6) is 11.5 Å². The Kier molecular flexibility index (Phi) is 5.12. The van der Waals surface area contributed by atoms with E-state index in [1.807, 2.05) is 34.9 Å². The first-order chi connectivity index (χ1) is 16.5. The van der Waals surface area contributed by atoms with Crippen LogP contribution in [-0.4, -0.2) is 56.6 Å². The van der Waals surface area contributed by atoms with Gasteiger partial charge in [0.1, 0.15) is 29.8 Å². The van der Waals surface area contributed by atoms with E-state index in [1.165, 1.54) is 0 Å². The van der Waals surface area contributed by atoms with Crippen LogP contribution in [0.2, 0.25) is 0 Å². The van der Waals surface area contributed by atoms with Crippen LogP contribution >= 0.6 is 27.7 Å². The van der Waals surface area contributed by atoms with Crippen molar-refractivity contribution in [3.8, 4) is 17.6 Å². The lowest BCUT2D eigenvalue weighted by Crippen LogP contribution is -2.52. The Morgan fingerprint density at radius 3 is 2.79 bits per heavy atom. The van der Waals surface area contributed by atoms with E-state index in [0.29, 0.717) is 48.1 Å². The summed E-state index contributed by atoms with van der Waals surface area (Å²) in [7, 11) is 0. The van der Waals surface area contributed by atoms with Gasteiger partial charge < -0.3 is 19.1 Å². The first kappa shape index (κ1) is 21.3. The van der Waals surface area contributed by atoms with Gasteiger partial charge in [-0.15, -0.1) is 0 Å². The summed E-state index contributed by atoms with van der Waals surface area (Å²) in [5.41, 5.74) is 2.71. The minimum atomic E-state index is -0.195. The highest BCUT2D eigenvalue weighted by Crippen LogP contribution is 2.40. The largest absolute Gasteiger partial charge is 0.456 e. The van der Waals surface area contributed by atoms with Crippen LogP contribution in [0.25, 0.3) is 0 Å². The average molecular weight is 536 g/mol. The molecule has 1 saturated heterocycles. The van der Waals surface area contributed by atoms with E-state index in [0.717, 1.165) is 20.8 Å². The quantitative estimate of drug-likeness (QED) is 0.434. The van der Waals surface area contributed by atoms with E-state index < -0.39 is 0 Å². The van der Waals surface area contributed by atoms with Crippen molar-refractivity contribution >= 4 is 39.5 Å². The Morgan fingerprint density at radius 2 is 1.97 bits per heavy atom. The molecule has 7 rings (SSSR count). The smallest absolute Gasteiger partial charge is 0.272 e. The predicted octanol–water partition coefficient (Wildman–Crippen LogP) is 3.80. The summed E-state index contributed by atoms with van der Waals surface area (Å²) in [6, 6.07) is 13.2.